The van der Waals surface area contributed by atoms with Crippen molar-refractivity contribution in [1.82, 2.24) is 15.2 Å². The number of amides is 1. The van der Waals surface area contributed by atoms with Gasteiger partial charge >= 0.3 is 0 Å². The minimum Gasteiger partial charge on any atom is -0.350 e. The van der Waals surface area contributed by atoms with E-state index >= 15 is 0 Å². The second-order valence-electron chi connectivity index (χ2n) is 5.62. The van der Waals surface area contributed by atoms with E-state index in [1.54, 1.807) is 0 Å². The van der Waals surface area contributed by atoms with Gasteiger partial charge in [0.25, 0.3) is 5.91 Å². The van der Waals surface area contributed by atoms with Crippen LogP contribution in [0.2, 0.25) is 0 Å². The second-order valence-corrected chi connectivity index (χ2v) is 5.62. The van der Waals surface area contributed by atoms with E-state index in [2.05, 4.69) is 41.2 Å². The second kappa shape index (κ2) is 8.75. The molecule has 0 radical (unpaired) electrons. The van der Waals surface area contributed by atoms with Crippen molar-refractivity contribution in [2.75, 3.05) is 13.1 Å². The molecular weight excluding hydrogens is 310 g/mol. The Balaban J connectivity index is 0.00000264. The van der Waals surface area contributed by atoms with Gasteiger partial charge in [-0.2, -0.15) is 0 Å². The van der Waals surface area contributed by atoms with Gasteiger partial charge in [-0.05, 0) is 45.5 Å². The molecule has 0 bridgehead atoms. The molecule has 0 saturated heterocycles. The average Bonchev–Trinajstić information content (AvgIpc) is 2.81. The molecule has 126 valence electrons. The first-order chi connectivity index (χ1) is 10.5. The number of benzene rings is 1. The van der Waals surface area contributed by atoms with Crippen molar-refractivity contribution >= 4 is 18.3 Å². The lowest BCUT2D eigenvalue weighted by molar-refractivity contribution is 0.0949. The number of hydrogen-bond donors (Lipinski definition) is 2. The molecule has 0 saturated carbocycles. The van der Waals surface area contributed by atoms with Gasteiger partial charge in [-0.25, -0.2) is 0 Å². The van der Waals surface area contributed by atoms with Crippen molar-refractivity contribution < 1.29 is 4.79 Å². The van der Waals surface area contributed by atoms with Crippen LogP contribution in [0.3, 0.4) is 0 Å². The third-order valence-electron chi connectivity index (χ3n) is 3.81. The molecule has 0 aliphatic carbocycles. The minimum atomic E-state index is -0.0139. The topological polar surface area (TPSA) is 46.1 Å². The first-order valence-electron chi connectivity index (χ1n) is 7.80. The normalized spacial score (nSPS) is 11.7. The number of carbonyl (C=O) groups is 1. The summed E-state index contributed by atoms with van der Waals surface area (Å²) in [5.74, 6) is -0.0139. The molecule has 2 rings (SSSR count). The Morgan fingerprint density at radius 2 is 1.87 bits per heavy atom. The Labute approximate surface area is 144 Å². The standard InChI is InChI=1S/C18H25N3O.ClH/c1-5-19-13(2)12-20-18(22)17-11-14(3)21(15(17)4)16-9-7-6-8-10-16;/h6-11,13,19H,5,12H2,1-4H3,(H,20,22);1H/t13-;/m1./s1. The average molecular weight is 336 g/mol. The van der Waals surface area contributed by atoms with Gasteiger partial charge in [0.15, 0.2) is 0 Å². The van der Waals surface area contributed by atoms with E-state index in [1.165, 1.54) is 0 Å². The predicted octanol–water partition coefficient (Wildman–Crippen LogP) is 3.24. The maximum atomic E-state index is 12.4. The Kier molecular flexibility index (Phi) is 7.33. The third kappa shape index (κ3) is 4.60. The zero-order valence-electron chi connectivity index (χ0n) is 14.2. The number of aryl methyl sites for hydroxylation is 1. The van der Waals surface area contributed by atoms with E-state index in [0.717, 1.165) is 29.2 Å². The predicted molar refractivity (Wildman–Crippen MR) is 98.0 cm³/mol. The molecule has 0 unspecified atom stereocenters. The van der Waals surface area contributed by atoms with Gasteiger partial charge in [-0.1, -0.05) is 25.1 Å². The molecule has 4 nitrogen and oxygen atoms in total. The van der Waals surface area contributed by atoms with Crippen LogP contribution >= 0.6 is 12.4 Å². The lowest BCUT2D eigenvalue weighted by atomic mass is 10.2. The highest BCUT2D eigenvalue weighted by molar-refractivity contribution is 5.95. The van der Waals surface area contributed by atoms with E-state index in [-0.39, 0.29) is 24.4 Å². The highest BCUT2D eigenvalue weighted by Crippen LogP contribution is 2.20. The van der Waals surface area contributed by atoms with Crippen LogP contribution < -0.4 is 10.6 Å². The van der Waals surface area contributed by atoms with Crippen molar-refractivity contribution in [3.05, 3.63) is 53.3 Å². The summed E-state index contributed by atoms with van der Waals surface area (Å²) in [6.45, 7) is 9.67. The summed E-state index contributed by atoms with van der Waals surface area (Å²) in [4.78, 5) is 12.4. The third-order valence-corrected chi connectivity index (χ3v) is 3.81. The Morgan fingerprint density at radius 3 is 2.48 bits per heavy atom. The largest absolute Gasteiger partial charge is 0.350 e. The minimum absolute atomic E-state index is 0. The van der Waals surface area contributed by atoms with Crippen molar-refractivity contribution in [3.63, 3.8) is 0 Å². The van der Waals surface area contributed by atoms with Crippen LogP contribution in [-0.4, -0.2) is 29.6 Å². The number of halogens is 1. The van der Waals surface area contributed by atoms with Crippen molar-refractivity contribution in [1.29, 1.82) is 0 Å². The Hall–Kier alpha value is -1.78. The molecule has 23 heavy (non-hydrogen) atoms. The molecule has 1 heterocycles. The number of likely N-dealkylation sites (N-methyl/N-ethyl adjacent to an activating group) is 1. The van der Waals surface area contributed by atoms with E-state index in [9.17, 15) is 4.79 Å². The van der Waals surface area contributed by atoms with Crippen molar-refractivity contribution in [2.24, 2.45) is 0 Å². The first-order valence-corrected chi connectivity index (χ1v) is 7.80. The molecular formula is C18H26ClN3O. The molecule has 0 fully saturated rings. The van der Waals surface area contributed by atoms with Crippen molar-refractivity contribution in [3.8, 4) is 5.69 Å². The van der Waals surface area contributed by atoms with E-state index in [1.807, 2.05) is 38.1 Å². The summed E-state index contributed by atoms with van der Waals surface area (Å²) in [5, 5.41) is 6.29. The summed E-state index contributed by atoms with van der Waals surface area (Å²) < 4.78 is 2.11. The molecule has 0 aliphatic heterocycles. The zero-order valence-corrected chi connectivity index (χ0v) is 15.0. The summed E-state index contributed by atoms with van der Waals surface area (Å²) in [5.41, 5.74) is 3.86. The Bertz CT molecular complexity index is 637. The molecule has 2 aromatic rings. The quantitative estimate of drug-likeness (QED) is 0.851. The molecule has 0 spiro atoms. The van der Waals surface area contributed by atoms with E-state index < -0.39 is 0 Å². The molecule has 0 aliphatic rings. The van der Waals surface area contributed by atoms with Gasteiger partial charge in [-0.15, -0.1) is 12.4 Å². The monoisotopic (exact) mass is 335 g/mol. The lowest BCUT2D eigenvalue weighted by Gasteiger charge is -2.13. The summed E-state index contributed by atoms with van der Waals surface area (Å²) in [6, 6.07) is 12.3. The Morgan fingerprint density at radius 1 is 1.22 bits per heavy atom. The first kappa shape index (κ1) is 19.3. The molecule has 5 heteroatoms. The maximum absolute atomic E-state index is 12.4. The highest BCUT2D eigenvalue weighted by Gasteiger charge is 2.16. The van der Waals surface area contributed by atoms with Crippen LogP contribution in [0.4, 0.5) is 0 Å². The number of rotatable bonds is 6. The van der Waals surface area contributed by atoms with E-state index in [0.29, 0.717) is 6.54 Å². The smallest absolute Gasteiger partial charge is 0.253 e. The maximum Gasteiger partial charge on any atom is 0.253 e. The number of carbonyl (C=O) groups excluding carboxylic acids is 1. The molecule has 1 amide bonds. The van der Waals surface area contributed by atoms with Gasteiger partial charge in [0.2, 0.25) is 0 Å². The van der Waals surface area contributed by atoms with Crippen LogP contribution in [-0.2, 0) is 0 Å². The summed E-state index contributed by atoms with van der Waals surface area (Å²) >= 11 is 0. The van der Waals surface area contributed by atoms with Crippen LogP contribution in [0.25, 0.3) is 5.69 Å². The van der Waals surface area contributed by atoms with Crippen molar-refractivity contribution in [2.45, 2.75) is 33.7 Å². The van der Waals surface area contributed by atoms with Gasteiger partial charge in [0.1, 0.15) is 0 Å². The van der Waals surface area contributed by atoms with E-state index in [4.69, 9.17) is 0 Å². The molecule has 1 atom stereocenters. The molecule has 1 aromatic heterocycles. The fourth-order valence-electron chi connectivity index (χ4n) is 2.73. The van der Waals surface area contributed by atoms with Crippen LogP contribution in [0.5, 0.6) is 0 Å². The summed E-state index contributed by atoms with van der Waals surface area (Å²) in [7, 11) is 0. The molecule has 1 aromatic carbocycles. The fourth-order valence-corrected chi connectivity index (χ4v) is 2.73. The lowest BCUT2D eigenvalue weighted by Crippen LogP contribution is -2.38. The number of hydrogen-bond acceptors (Lipinski definition) is 2. The van der Waals surface area contributed by atoms with Gasteiger partial charge in [0.05, 0.1) is 5.56 Å². The van der Waals surface area contributed by atoms with Crippen LogP contribution in [0, 0.1) is 13.8 Å². The SMILES string of the molecule is CCN[C@H](C)CNC(=O)c1cc(C)n(-c2ccccc2)c1C.Cl. The number of nitrogens with zero attached hydrogens (tertiary/aromatic N) is 1. The highest BCUT2D eigenvalue weighted by atomic mass is 35.5. The van der Waals surface area contributed by atoms with Crippen LogP contribution in [0.1, 0.15) is 35.6 Å². The number of para-hydroxylation sites is 1. The zero-order chi connectivity index (χ0) is 16.1. The fraction of sp³-hybridized carbons (Fsp3) is 0.389. The van der Waals surface area contributed by atoms with Gasteiger partial charge in [-0.3, -0.25) is 4.79 Å². The van der Waals surface area contributed by atoms with Gasteiger partial charge in [0, 0.05) is 29.7 Å². The number of aromatic nitrogens is 1. The summed E-state index contributed by atoms with van der Waals surface area (Å²) in [6.07, 6.45) is 0. The number of nitrogens with one attached hydrogen (secondary N) is 2. The van der Waals surface area contributed by atoms with Gasteiger partial charge < -0.3 is 15.2 Å². The van der Waals surface area contributed by atoms with Crippen LogP contribution in [0.15, 0.2) is 36.4 Å². The molecule has 2 N–H and O–H groups in total.